The van der Waals surface area contributed by atoms with Crippen LogP contribution in [-0.2, 0) is 6.42 Å². The van der Waals surface area contributed by atoms with Gasteiger partial charge < -0.3 is 5.32 Å². The fourth-order valence-corrected chi connectivity index (χ4v) is 2.41. The van der Waals surface area contributed by atoms with Crippen LogP contribution in [0.4, 0.5) is 22.0 Å². The molecule has 1 N–H and O–H groups in total. The molecule has 0 bridgehead atoms. The Balaban J connectivity index is 2.05. The van der Waals surface area contributed by atoms with Crippen LogP contribution < -0.4 is 5.32 Å². The highest BCUT2D eigenvalue weighted by atomic mass is 19.4. The normalized spacial score (nSPS) is 24.5. The average Bonchev–Trinajstić information content (AvgIpc) is 2.34. The van der Waals surface area contributed by atoms with Gasteiger partial charge in [0.1, 0.15) is 6.04 Å². The molecule has 1 fully saturated rings. The molecule has 2 rings (SSSR count). The van der Waals surface area contributed by atoms with Crippen molar-refractivity contribution >= 4 is 0 Å². The minimum atomic E-state index is -4.29. The van der Waals surface area contributed by atoms with E-state index in [0.29, 0.717) is 12.8 Å². The molecule has 0 aromatic heterocycles. The molecule has 1 saturated heterocycles. The summed E-state index contributed by atoms with van der Waals surface area (Å²) in [6.07, 6.45) is -3.23. The molecule has 2 atom stereocenters. The van der Waals surface area contributed by atoms with E-state index in [-0.39, 0.29) is 18.4 Å². The van der Waals surface area contributed by atoms with Crippen LogP contribution in [0, 0.1) is 11.6 Å². The van der Waals surface area contributed by atoms with E-state index in [1.165, 1.54) is 12.1 Å². The molecule has 1 aromatic rings. The molecule has 6 heteroatoms. The topological polar surface area (TPSA) is 12.0 Å². The van der Waals surface area contributed by atoms with Gasteiger partial charge in [0.25, 0.3) is 0 Å². The molecule has 19 heavy (non-hydrogen) atoms. The lowest BCUT2D eigenvalue weighted by atomic mass is 9.93. The van der Waals surface area contributed by atoms with E-state index in [1.807, 2.05) is 0 Å². The van der Waals surface area contributed by atoms with E-state index in [4.69, 9.17) is 0 Å². The summed E-state index contributed by atoms with van der Waals surface area (Å²) in [5.41, 5.74) is 0.111. The average molecular weight is 279 g/mol. The van der Waals surface area contributed by atoms with E-state index in [1.54, 1.807) is 0 Å². The molecule has 2 unspecified atom stereocenters. The van der Waals surface area contributed by atoms with Crippen molar-refractivity contribution in [3.63, 3.8) is 0 Å². The van der Waals surface area contributed by atoms with Crippen LogP contribution in [0.3, 0.4) is 0 Å². The van der Waals surface area contributed by atoms with Gasteiger partial charge in [-0.25, -0.2) is 8.78 Å². The summed E-state index contributed by atoms with van der Waals surface area (Å²) in [6.45, 7) is 0. The Morgan fingerprint density at radius 1 is 1.16 bits per heavy atom. The summed E-state index contributed by atoms with van der Waals surface area (Å²) in [5, 5.41) is 2.47. The maximum absolute atomic E-state index is 13.5. The number of benzene rings is 1. The zero-order valence-electron chi connectivity index (χ0n) is 10.1. The van der Waals surface area contributed by atoms with Gasteiger partial charge in [-0.3, -0.25) is 0 Å². The van der Waals surface area contributed by atoms with Gasteiger partial charge in [0.05, 0.1) is 0 Å². The smallest absolute Gasteiger partial charge is 0.303 e. The standard InChI is InChI=1S/C13H14F5N/c14-10-5-1-3-8(12(10)15)7-9-4-2-6-11(19-9)13(16,17)18/h1,3,5,9,11,19H,2,4,6-7H2. The highest BCUT2D eigenvalue weighted by molar-refractivity contribution is 5.20. The third kappa shape index (κ3) is 3.43. The van der Waals surface area contributed by atoms with Crippen LogP contribution in [0.1, 0.15) is 24.8 Å². The summed E-state index contributed by atoms with van der Waals surface area (Å²) in [7, 11) is 0. The second kappa shape index (κ2) is 5.45. The highest BCUT2D eigenvalue weighted by Gasteiger charge is 2.41. The maximum atomic E-state index is 13.5. The van der Waals surface area contributed by atoms with Crippen molar-refractivity contribution < 1.29 is 22.0 Å². The van der Waals surface area contributed by atoms with E-state index in [9.17, 15) is 22.0 Å². The number of nitrogens with one attached hydrogen (secondary N) is 1. The van der Waals surface area contributed by atoms with E-state index >= 15 is 0 Å². The van der Waals surface area contributed by atoms with E-state index < -0.39 is 29.9 Å². The van der Waals surface area contributed by atoms with Gasteiger partial charge in [-0.1, -0.05) is 12.1 Å². The third-order valence-electron chi connectivity index (χ3n) is 3.38. The predicted molar refractivity (Wildman–Crippen MR) is 60.7 cm³/mol. The Hall–Kier alpha value is -1.17. The van der Waals surface area contributed by atoms with Crippen molar-refractivity contribution in [3.05, 3.63) is 35.4 Å². The van der Waals surface area contributed by atoms with Crippen molar-refractivity contribution in [1.82, 2.24) is 5.32 Å². The van der Waals surface area contributed by atoms with Crippen molar-refractivity contribution in [2.24, 2.45) is 0 Å². The first-order valence-corrected chi connectivity index (χ1v) is 6.13. The molecule has 1 aromatic carbocycles. The fourth-order valence-electron chi connectivity index (χ4n) is 2.41. The summed E-state index contributed by atoms with van der Waals surface area (Å²) in [6, 6.07) is 1.72. The second-order valence-corrected chi connectivity index (χ2v) is 4.81. The van der Waals surface area contributed by atoms with Crippen molar-refractivity contribution in [2.75, 3.05) is 0 Å². The van der Waals surface area contributed by atoms with Crippen LogP contribution in [0.15, 0.2) is 18.2 Å². The molecule has 106 valence electrons. The SMILES string of the molecule is Fc1cccc(CC2CCCC(C(F)(F)F)N2)c1F. The van der Waals surface area contributed by atoms with Crippen LogP contribution in [0.2, 0.25) is 0 Å². The summed E-state index contributed by atoms with van der Waals surface area (Å²) < 4.78 is 64.3. The number of rotatable bonds is 2. The molecule has 1 aliphatic heterocycles. The molecule has 0 saturated carbocycles. The number of alkyl halides is 3. The molecule has 1 aliphatic rings. The highest BCUT2D eigenvalue weighted by Crippen LogP contribution is 2.29. The van der Waals surface area contributed by atoms with Crippen LogP contribution in [-0.4, -0.2) is 18.3 Å². The molecule has 0 spiro atoms. The quantitative estimate of drug-likeness (QED) is 0.816. The number of piperidine rings is 1. The minimum absolute atomic E-state index is 0.0334. The second-order valence-electron chi connectivity index (χ2n) is 4.81. The molecule has 1 nitrogen and oxygen atoms in total. The Labute approximate surface area is 107 Å². The molecule has 0 amide bonds. The van der Waals surface area contributed by atoms with Crippen molar-refractivity contribution in [1.29, 1.82) is 0 Å². The number of halogens is 5. The fraction of sp³-hybridized carbons (Fsp3) is 0.538. The van der Waals surface area contributed by atoms with Gasteiger partial charge >= 0.3 is 6.18 Å². The summed E-state index contributed by atoms with van der Waals surface area (Å²) >= 11 is 0. The summed E-state index contributed by atoms with van der Waals surface area (Å²) in [4.78, 5) is 0. The monoisotopic (exact) mass is 279 g/mol. The molecular formula is C13H14F5N. The van der Waals surface area contributed by atoms with Gasteiger partial charge in [0.15, 0.2) is 11.6 Å². The van der Waals surface area contributed by atoms with Gasteiger partial charge in [-0.2, -0.15) is 13.2 Å². The van der Waals surface area contributed by atoms with Gasteiger partial charge in [-0.05, 0) is 37.3 Å². The van der Waals surface area contributed by atoms with Crippen LogP contribution in [0.25, 0.3) is 0 Å². The lowest BCUT2D eigenvalue weighted by Crippen LogP contribution is -2.51. The Morgan fingerprint density at radius 2 is 1.89 bits per heavy atom. The van der Waals surface area contributed by atoms with Gasteiger partial charge in [-0.15, -0.1) is 0 Å². The summed E-state index contributed by atoms with van der Waals surface area (Å²) in [5.74, 6) is -1.95. The Morgan fingerprint density at radius 3 is 2.58 bits per heavy atom. The van der Waals surface area contributed by atoms with E-state index in [0.717, 1.165) is 6.07 Å². The number of hydrogen-bond acceptors (Lipinski definition) is 1. The lowest BCUT2D eigenvalue weighted by Gasteiger charge is -2.32. The first-order valence-electron chi connectivity index (χ1n) is 6.13. The molecule has 0 aliphatic carbocycles. The Kier molecular flexibility index (Phi) is 4.08. The maximum Gasteiger partial charge on any atom is 0.403 e. The zero-order chi connectivity index (χ0) is 14.0. The van der Waals surface area contributed by atoms with Crippen LogP contribution >= 0.6 is 0 Å². The molecule has 0 radical (unpaired) electrons. The molecule has 1 heterocycles. The Bertz CT molecular complexity index is 443. The van der Waals surface area contributed by atoms with Crippen molar-refractivity contribution in [2.45, 2.75) is 43.9 Å². The van der Waals surface area contributed by atoms with Gasteiger partial charge in [0, 0.05) is 6.04 Å². The van der Waals surface area contributed by atoms with Gasteiger partial charge in [0.2, 0.25) is 0 Å². The molecular weight excluding hydrogens is 265 g/mol. The zero-order valence-corrected chi connectivity index (χ0v) is 10.1. The first-order chi connectivity index (χ1) is 8.88. The van der Waals surface area contributed by atoms with E-state index in [2.05, 4.69) is 5.32 Å². The van der Waals surface area contributed by atoms with Crippen LogP contribution in [0.5, 0.6) is 0 Å². The predicted octanol–water partition coefficient (Wildman–Crippen LogP) is 3.58. The lowest BCUT2D eigenvalue weighted by molar-refractivity contribution is -0.163. The first kappa shape index (κ1) is 14.2. The third-order valence-corrected chi connectivity index (χ3v) is 3.38. The largest absolute Gasteiger partial charge is 0.403 e. The number of hydrogen-bond donors (Lipinski definition) is 1. The minimum Gasteiger partial charge on any atom is -0.303 e. The van der Waals surface area contributed by atoms with Crippen molar-refractivity contribution in [3.8, 4) is 0 Å².